The van der Waals surface area contributed by atoms with Gasteiger partial charge in [-0.2, -0.15) is 0 Å². The molecule has 2 N–H and O–H groups in total. The van der Waals surface area contributed by atoms with Crippen LogP contribution in [0.5, 0.6) is 5.75 Å². The summed E-state index contributed by atoms with van der Waals surface area (Å²) in [6, 6.07) is 15.2. The quantitative estimate of drug-likeness (QED) is 0.311. The summed E-state index contributed by atoms with van der Waals surface area (Å²) in [5, 5.41) is 17.4. The smallest absolute Gasteiger partial charge is 0.315 e. The first kappa shape index (κ1) is 22.8. The van der Waals surface area contributed by atoms with Gasteiger partial charge in [0.2, 0.25) is 0 Å². The number of nitrogens with one attached hydrogen (secondary N) is 2. The van der Waals surface area contributed by atoms with Crippen LogP contribution in [0.25, 0.3) is 11.1 Å². The van der Waals surface area contributed by atoms with Gasteiger partial charge in [-0.15, -0.1) is 0 Å². The topological polar surface area (TPSA) is 120 Å². The van der Waals surface area contributed by atoms with Crippen LogP contribution in [0.15, 0.2) is 54.6 Å². The highest BCUT2D eigenvalue weighted by Gasteiger charge is 2.32. The van der Waals surface area contributed by atoms with Gasteiger partial charge in [-0.1, -0.05) is 12.1 Å². The Kier molecular flexibility index (Phi) is 5.70. The monoisotopic (exact) mass is 461 g/mol. The molecule has 9 nitrogen and oxygen atoms in total. The van der Waals surface area contributed by atoms with E-state index in [2.05, 4.69) is 10.6 Å². The van der Waals surface area contributed by atoms with E-state index in [0.29, 0.717) is 33.8 Å². The van der Waals surface area contributed by atoms with Crippen molar-refractivity contribution >= 4 is 34.6 Å². The maximum absolute atomic E-state index is 12.9. The van der Waals surface area contributed by atoms with Gasteiger partial charge >= 0.3 is 11.7 Å². The number of rotatable bonds is 5. The molecule has 0 fully saturated rings. The normalized spacial score (nSPS) is 12.4. The van der Waals surface area contributed by atoms with Crippen molar-refractivity contribution in [2.45, 2.75) is 19.3 Å². The Bertz CT molecular complexity index is 1330. The highest BCUT2D eigenvalue weighted by molar-refractivity contribution is 6.12. The lowest BCUT2D eigenvalue weighted by molar-refractivity contribution is -0.385. The number of fused-ring (bicyclic) bond motifs is 2. The zero-order valence-corrected chi connectivity index (χ0v) is 19.1. The summed E-state index contributed by atoms with van der Waals surface area (Å²) in [6.07, 6.45) is 0. The second-order valence-electron chi connectivity index (χ2n) is 8.36. The van der Waals surface area contributed by atoms with E-state index in [1.165, 1.54) is 20.3 Å². The van der Waals surface area contributed by atoms with Crippen molar-refractivity contribution in [3.63, 3.8) is 0 Å². The molecule has 34 heavy (non-hydrogen) atoms. The average Bonchev–Trinajstić information content (AvgIpc) is 2.97. The van der Waals surface area contributed by atoms with Gasteiger partial charge in [0, 0.05) is 6.07 Å². The first-order valence-corrected chi connectivity index (χ1v) is 10.4. The molecule has 0 spiro atoms. The summed E-state index contributed by atoms with van der Waals surface area (Å²) in [7, 11) is 2.72. The molecule has 3 aromatic rings. The molecule has 0 aromatic heterocycles. The molecule has 3 aromatic carbocycles. The molecule has 0 saturated heterocycles. The third kappa shape index (κ3) is 3.92. The largest absolute Gasteiger partial charge is 0.490 e. The van der Waals surface area contributed by atoms with E-state index < -0.39 is 10.3 Å². The number of nitrogens with zero attached hydrogens (tertiary/aromatic N) is 1. The Morgan fingerprint density at radius 1 is 0.912 bits per heavy atom. The number of methoxy groups -OCH3 is 2. The van der Waals surface area contributed by atoms with E-state index in [0.717, 1.165) is 5.56 Å². The molecule has 0 saturated carbocycles. The molecule has 1 amide bonds. The number of carbonyl (C=O) groups is 2. The minimum absolute atomic E-state index is 0.127. The standard InChI is InChI=1S/C25H23N3O6/c1-25(2,24(30)34-4)16-7-9-18-20(13-16)27-23(29)17-8-5-14(11-19(17)26-18)15-6-10-21(28(31)32)22(12-15)33-3/h5-13,26H,1-4H3,(H,27,29). The van der Waals surface area contributed by atoms with Crippen LogP contribution in [-0.4, -0.2) is 31.0 Å². The molecule has 1 aliphatic rings. The number of ether oxygens (including phenoxy) is 2. The maximum Gasteiger partial charge on any atom is 0.315 e. The van der Waals surface area contributed by atoms with E-state index in [-0.39, 0.29) is 23.3 Å². The molecule has 0 radical (unpaired) electrons. The molecule has 0 bridgehead atoms. The lowest BCUT2D eigenvalue weighted by atomic mass is 9.84. The predicted molar refractivity (Wildman–Crippen MR) is 128 cm³/mol. The fraction of sp³-hybridized carbons (Fsp3) is 0.200. The fourth-order valence-corrected chi connectivity index (χ4v) is 3.89. The van der Waals surface area contributed by atoms with Crippen molar-refractivity contribution in [2.24, 2.45) is 0 Å². The molecule has 0 aliphatic carbocycles. The Balaban J connectivity index is 1.73. The Morgan fingerprint density at radius 2 is 1.62 bits per heavy atom. The van der Waals surface area contributed by atoms with Gasteiger partial charge < -0.3 is 20.1 Å². The molecule has 0 unspecified atom stereocenters. The minimum atomic E-state index is -0.893. The number of esters is 1. The highest BCUT2D eigenvalue weighted by Crippen LogP contribution is 2.38. The molecule has 174 valence electrons. The maximum atomic E-state index is 12.9. The van der Waals surface area contributed by atoms with Crippen LogP contribution in [-0.2, 0) is 14.9 Å². The van der Waals surface area contributed by atoms with Crippen molar-refractivity contribution < 1.29 is 24.0 Å². The second-order valence-corrected chi connectivity index (χ2v) is 8.36. The van der Waals surface area contributed by atoms with Crippen LogP contribution in [0.3, 0.4) is 0 Å². The van der Waals surface area contributed by atoms with E-state index in [1.54, 1.807) is 56.3 Å². The van der Waals surface area contributed by atoms with E-state index in [9.17, 15) is 19.7 Å². The van der Waals surface area contributed by atoms with Gasteiger partial charge in [-0.3, -0.25) is 19.7 Å². The molecule has 4 rings (SSSR count). The number of carbonyl (C=O) groups excluding carboxylic acids is 2. The number of amides is 1. The van der Waals surface area contributed by atoms with Gasteiger partial charge in [0.15, 0.2) is 5.75 Å². The molecule has 0 atom stereocenters. The molecular formula is C25H23N3O6. The molecule has 1 aliphatic heterocycles. The van der Waals surface area contributed by atoms with Crippen LogP contribution < -0.4 is 15.4 Å². The van der Waals surface area contributed by atoms with Crippen LogP contribution >= 0.6 is 0 Å². The van der Waals surface area contributed by atoms with E-state index in [1.807, 2.05) is 6.07 Å². The van der Waals surface area contributed by atoms with Gasteiger partial charge in [0.05, 0.1) is 47.2 Å². The predicted octanol–water partition coefficient (Wildman–Crippen LogP) is 5.03. The average molecular weight is 461 g/mol. The Labute approximate surface area is 195 Å². The highest BCUT2D eigenvalue weighted by atomic mass is 16.6. The van der Waals surface area contributed by atoms with Crippen molar-refractivity contribution in [3.05, 3.63) is 75.8 Å². The summed E-state index contributed by atoms with van der Waals surface area (Å²) in [6.45, 7) is 3.51. The zero-order valence-electron chi connectivity index (χ0n) is 19.1. The van der Waals surface area contributed by atoms with Crippen molar-refractivity contribution in [2.75, 3.05) is 24.9 Å². The zero-order chi connectivity index (χ0) is 24.6. The van der Waals surface area contributed by atoms with Crippen molar-refractivity contribution in [1.82, 2.24) is 0 Å². The lowest BCUT2D eigenvalue weighted by Crippen LogP contribution is -2.30. The van der Waals surface area contributed by atoms with Gasteiger partial charge in [0.25, 0.3) is 5.91 Å². The number of nitro groups is 1. The van der Waals surface area contributed by atoms with Crippen LogP contribution in [0.2, 0.25) is 0 Å². The first-order valence-electron chi connectivity index (χ1n) is 10.4. The number of hydrogen-bond acceptors (Lipinski definition) is 7. The Hall–Kier alpha value is -4.40. The molecule has 1 heterocycles. The molecular weight excluding hydrogens is 438 g/mol. The third-order valence-electron chi connectivity index (χ3n) is 5.93. The summed E-state index contributed by atoms with van der Waals surface area (Å²) in [5.74, 6) is -0.539. The van der Waals surface area contributed by atoms with Crippen LogP contribution in [0, 0.1) is 10.1 Å². The summed E-state index contributed by atoms with van der Waals surface area (Å²) < 4.78 is 10.1. The van der Waals surface area contributed by atoms with Gasteiger partial charge in [-0.25, -0.2) is 0 Å². The summed E-state index contributed by atoms with van der Waals surface area (Å²) >= 11 is 0. The van der Waals surface area contributed by atoms with Crippen molar-refractivity contribution in [1.29, 1.82) is 0 Å². The summed E-state index contributed by atoms with van der Waals surface area (Å²) in [5.41, 5.74) is 3.34. The number of nitro benzene ring substituents is 1. The van der Waals surface area contributed by atoms with E-state index in [4.69, 9.17) is 9.47 Å². The Morgan fingerprint density at radius 3 is 2.29 bits per heavy atom. The van der Waals surface area contributed by atoms with Crippen molar-refractivity contribution in [3.8, 4) is 16.9 Å². The fourth-order valence-electron chi connectivity index (χ4n) is 3.89. The number of hydrogen-bond donors (Lipinski definition) is 2. The van der Waals surface area contributed by atoms with Gasteiger partial charge in [-0.05, 0) is 66.9 Å². The third-order valence-corrected chi connectivity index (χ3v) is 5.93. The lowest BCUT2D eigenvalue weighted by Gasteiger charge is -2.23. The second kappa shape index (κ2) is 8.51. The SMILES string of the molecule is COC(=O)C(C)(C)c1ccc2c(c1)NC(=O)c1ccc(-c3ccc([N+](=O)[O-])c(OC)c3)cc1N2. The number of anilines is 3. The van der Waals surface area contributed by atoms with Crippen LogP contribution in [0.4, 0.5) is 22.7 Å². The minimum Gasteiger partial charge on any atom is -0.490 e. The molecule has 9 heteroatoms. The van der Waals surface area contributed by atoms with Crippen LogP contribution in [0.1, 0.15) is 29.8 Å². The van der Waals surface area contributed by atoms with Gasteiger partial charge in [0.1, 0.15) is 0 Å². The van der Waals surface area contributed by atoms with E-state index >= 15 is 0 Å². The number of benzene rings is 3. The first-order chi connectivity index (χ1) is 16.1. The summed E-state index contributed by atoms with van der Waals surface area (Å²) in [4.78, 5) is 35.9.